The third-order valence-electron chi connectivity index (χ3n) is 4.98. The van der Waals surface area contributed by atoms with Crippen LogP contribution in [-0.4, -0.2) is 28.4 Å². The molecule has 3 aromatic rings. The maximum Gasteiger partial charge on any atom is 0.272 e. The van der Waals surface area contributed by atoms with E-state index in [0.717, 1.165) is 36.1 Å². The van der Waals surface area contributed by atoms with Crippen LogP contribution in [0.15, 0.2) is 72.9 Å². The predicted octanol–water partition coefficient (Wildman–Crippen LogP) is 4.65. The van der Waals surface area contributed by atoms with Crippen molar-refractivity contribution in [3.63, 3.8) is 0 Å². The molecule has 0 unspecified atom stereocenters. The molecule has 1 aliphatic rings. The zero-order valence-corrected chi connectivity index (χ0v) is 16.1. The number of amides is 1. The molecule has 2 aromatic carbocycles. The SMILES string of the molecule is O=C(c1ccccn1)N(Cc1ccc(OCCc2ccc(F)cc2)cc1)C1CC1. The summed E-state index contributed by atoms with van der Waals surface area (Å²) in [6, 6.07) is 20.0. The van der Waals surface area contributed by atoms with E-state index in [-0.39, 0.29) is 11.7 Å². The Hall–Kier alpha value is -3.21. The first-order chi connectivity index (χ1) is 14.2. The number of halogens is 1. The molecule has 0 atom stereocenters. The van der Waals surface area contributed by atoms with Crippen LogP contribution in [0.25, 0.3) is 0 Å². The summed E-state index contributed by atoms with van der Waals surface area (Å²) in [5.74, 6) is 0.532. The molecule has 1 aliphatic carbocycles. The van der Waals surface area contributed by atoms with Gasteiger partial charge in [-0.2, -0.15) is 0 Å². The first-order valence-corrected chi connectivity index (χ1v) is 9.87. The summed E-state index contributed by atoms with van der Waals surface area (Å²) >= 11 is 0. The molecule has 1 aromatic heterocycles. The van der Waals surface area contributed by atoms with Gasteiger partial charge in [0.05, 0.1) is 6.61 Å². The van der Waals surface area contributed by atoms with E-state index in [0.29, 0.717) is 24.9 Å². The van der Waals surface area contributed by atoms with Gasteiger partial charge in [0.1, 0.15) is 17.3 Å². The number of pyridine rings is 1. The van der Waals surface area contributed by atoms with Gasteiger partial charge in [0, 0.05) is 25.2 Å². The summed E-state index contributed by atoms with van der Waals surface area (Å²) in [5, 5.41) is 0. The standard InChI is InChI=1S/C24H23FN2O2/c25-20-8-4-18(5-9-20)14-16-29-22-12-6-19(7-13-22)17-27(21-10-11-21)24(28)23-3-1-2-15-26-23/h1-9,12-13,15,21H,10-11,14,16-17H2. The van der Waals surface area contributed by atoms with Gasteiger partial charge in [0.15, 0.2) is 0 Å². The first kappa shape index (κ1) is 19.1. The van der Waals surface area contributed by atoms with Gasteiger partial charge in [0.25, 0.3) is 5.91 Å². The smallest absolute Gasteiger partial charge is 0.272 e. The van der Waals surface area contributed by atoms with E-state index in [2.05, 4.69) is 4.98 Å². The van der Waals surface area contributed by atoms with Gasteiger partial charge in [-0.05, 0) is 60.4 Å². The summed E-state index contributed by atoms with van der Waals surface area (Å²) < 4.78 is 18.7. The van der Waals surface area contributed by atoms with Crippen molar-refractivity contribution in [2.24, 2.45) is 0 Å². The molecule has 0 bridgehead atoms. The van der Waals surface area contributed by atoms with Gasteiger partial charge < -0.3 is 9.64 Å². The second-order valence-corrected chi connectivity index (χ2v) is 7.25. The van der Waals surface area contributed by atoms with E-state index in [4.69, 9.17) is 4.74 Å². The number of benzene rings is 2. The molecule has 1 saturated carbocycles. The van der Waals surface area contributed by atoms with Crippen molar-refractivity contribution in [1.82, 2.24) is 9.88 Å². The molecule has 1 heterocycles. The van der Waals surface area contributed by atoms with Crippen molar-refractivity contribution >= 4 is 5.91 Å². The van der Waals surface area contributed by atoms with Crippen LogP contribution in [-0.2, 0) is 13.0 Å². The molecule has 0 saturated heterocycles. The zero-order chi connectivity index (χ0) is 20.1. The number of carbonyl (C=O) groups excluding carboxylic acids is 1. The van der Waals surface area contributed by atoms with E-state index >= 15 is 0 Å². The second kappa shape index (κ2) is 8.86. The maximum absolute atomic E-state index is 12.9. The second-order valence-electron chi connectivity index (χ2n) is 7.25. The summed E-state index contributed by atoms with van der Waals surface area (Å²) in [7, 11) is 0. The predicted molar refractivity (Wildman–Crippen MR) is 109 cm³/mol. The highest BCUT2D eigenvalue weighted by Crippen LogP contribution is 2.30. The Morgan fingerprint density at radius 3 is 2.38 bits per heavy atom. The van der Waals surface area contributed by atoms with Gasteiger partial charge >= 0.3 is 0 Å². The molecular formula is C24H23FN2O2. The van der Waals surface area contributed by atoms with E-state index in [1.807, 2.05) is 41.3 Å². The van der Waals surface area contributed by atoms with Gasteiger partial charge in [-0.3, -0.25) is 9.78 Å². The Balaban J connectivity index is 1.33. The molecule has 1 fully saturated rings. The lowest BCUT2D eigenvalue weighted by Crippen LogP contribution is -2.33. The summed E-state index contributed by atoms with van der Waals surface area (Å²) in [4.78, 5) is 18.9. The van der Waals surface area contributed by atoms with Crippen molar-refractivity contribution < 1.29 is 13.9 Å². The van der Waals surface area contributed by atoms with Gasteiger partial charge in [0.2, 0.25) is 0 Å². The van der Waals surface area contributed by atoms with Crippen molar-refractivity contribution in [3.05, 3.63) is 95.6 Å². The summed E-state index contributed by atoms with van der Waals surface area (Å²) in [5.41, 5.74) is 2.59. The van der Waals surface area contributed by atoms with Crippen LogP contribution in [0.2, 0.25) is 0 Å². The fourth-order valence-electron chi connectivity index (χ4n) is 3.21. The molecule has 0 aliphatic heterocycles. The molecular weight excluding hydrogens is 367 g/mol. The first-order valence-electron chi connectivity index (χ1n) is 9.87. The molecule has 29 heavy (non-hydrogen) atoms. The average Bonchev–Trinajstić information content (AvgIpc) is 3.60. The van der Waals surface area contributed by atoms with Crippen LogP contribution >= 0.6 is 0 Å². The molecule has 4 rings (SSSR count). The number of carbonyl (C=O) groups is 1. The number of aromatic nitrogens is 1. The lowest BCUT2D eigenvalue weighted by molar-refractivity contribution is 0.0724. The highest BCUT2D eigenvalue weighted by atomic mass is 19.1. The van der Waals surface area contributed by atoms with Crippen LogP contribution in [0, 0.1) is 5.82 Å². The summed E-state index contributed by atoms with van der Waals surface area (Å²) in [6.07, 6.45) is 4.46. The van der Waals surface area contributed by atoms with E-state index in [1.165, 1.54) is 12.1 Å². The molecule has 1 amide bonds. The third-order valence-corrected chi connectivity index (χ3v) is 4.98. The van der Waals surface area contributed by atoms with E-state index in [9.17, 15) is 9.18 Å². The number of hydrogen-bond donors (Lipinski definition) is 0. The normalized spacial score (nSPS) is 13.1. The minimum absolute atomic E-state index is 0.0206. The highest BCUT2D eigenvalue weighted by molar-refractivity contribution is 5.92. The third kappa shape index (κ3) is 5.19. The largest absolute Gasteiger partial charge is 0.493 e. The Bertz CT molecular complexity index is 939. The quantitative estimate of drug-likeness (QED) is 0.562. The number of rotatable bonds is 8. The number of ether oxygens (including phenoxy) is 1. The van der Waals surface area contributed by atoms with Gasteiger partial charge in [-0.25, -0.2) is 4.39 Å². The maximum atomic E-state index is 12.9. The fraction of sp³-hybridized carbons (Fsp3) is 0.250. The molecule has 4 nitrogen and oxygen atoms in total. The molecule has 0 spiro atoms. The Kier molecular flexibility index (Phi) is 5.84. The minimum Gasteiger partial charge on any atom is -0.493 e. The van der Waals surface area contributed by atoms with Crippen LogP contribution in [0.5, 0.6) is 5.75 Å². The van der Waals surface area contributed by atoms with Crippen LogP contribution in [0.1, 0.15) is 34.5 Å². The number of hydrogen-bond acceptors (Lipinski definition) is 3. The van der Waals surface area contributed by atoms with E-state index in [1.54, 1.807) is 24.4 Å². The monoisotopic (exact) mass is 390 g/mol. The van der Waals surface area contributed by atoms with Crippen LogP contribution in [0.4, 0.5) is 4.39 Å². The number of nitrogens with zero attached hydrogens (tertiary/aromatic N) is 2. The van der Waals surface area contributed by atoms with Crippen molar-refractivity contribution in [3.8, 4) is 5.75 Å². The van der Waals surface area contributed by atoms with Crippen molar-refractivity contribution in [2.75, 3.05) is 6.61 Å². The van der Waals surface area contributed by atoms with Crippen molar-refractivity contribution in [1.29, 1.82) is 0 Å². The van der Waals surface area contributed by atoms with Crippen molar-refractivity contribution in [2.45, 2.75) is 31.8 Å². The minimum atomic E-state index is -0.230. The zero-order valence-electron chi connectivity index (χ0n) is 16.1. The average molecular weight is 390 g/mol. The lowest BCUT2D eigenvalue weighted by atomic mass is 10.1. The Labute approximate surface area is 170 Å². The molecule has 5 heteroatoms. The highest BCUT2D eigenvalue weighted by Gasteiger charge is 2.33. The van der Waals surface area contributed by atoms with Gasteiger partial charge in [-0.15, -0.1) is 0 Å². The Morgan fingerprint density at radius 2 is 1.72 bits per heavy atom. The Morgan fingerprint density at radius 1 is 1.00 bits per heavy atom. The van der Waals surface area contributed by atoms with E-state index < -0.39 is 0 Å². The molecule has 0 radical (unpaired) electrons. The summed E-state index contributed by atoms with van der Waals surface area (Å²) in [6.45, 7) is 1.09. The van der Waals surface area contributed by atoms with Crippen LogP contribution < -0.4 is 4.74 Å². The molecule has 148 valence electrons. The topological polar surface area (TPSA) is 42.4 Å². The van der Waals surface area contributed by atoms with Gasteiger partial charge in [-0.1, -0.05) is 30.3 Å². The fourth-order valence-corrected chi connectivity index (χ4v) is 3.21. The lowest BCUT2D eigenvalue weighted by Gasteiger charge is -2.22. The molecule has 0 N–H and O–H groups in total. The van der Waals surface area contributed by atoms with Crippen LogP contribution in [0.3, 0.4) is 0 Å².